The summed E-state index contributed by atoms with van der Waals surface area (Å²) in [7, 11) is 0. The fraction of sp³-hybridized carbons (Fsp3) is 0.182. The number of nitrogens with zero attached hydrogens (tertiary/aromatic N) is 4. The first kappa shape index (κ1) is 10.6. The number of hydrogen-bond acceptors (Lipinski definition) is 5. The van der Waals surface area contributed by atoms with Crippen LogP contribution in [0.3, 0.4) is 0 Å². The Morgan fingerprint density at radius 1 is 1.28 bits per heavy atom. The van der Waals surface area contributed by atoms with Gasteiger partial charge in [-0.3, -0.25) is 15.0 Å². The lowest BCUT2D eigenvalue weighted by molar-refractivity contribution is -0.120. The number of aromatic nitrogens is 3. The summed E-state index contributed by atoms with van der Waals surface area (Å²) in [6, 6.07) is 3.05. The van der Waals surface area contributed by atoms with E-state index >= 15 is 0 Å². The van der Waals surface area contributed by atoms with Crippen LogP contribution in [0.4, 0.5) is 10.6 Å². The van der Waals surface area contributed by atoms with Crippen LogP contribution in [0.15, 0.2) is 24.5 Å². The second kappa shape index (κ2) is 4.02. The number of urea groups is 1. The van der Waals surface area contributed by atoms with Gasteiger partial charge < -0.3 is 0 Å². The van der Waals surface area contributed by atoms with Gasteiger partial charge in [0.1, 0.15) is 5.52 Å². The van der Waals surface area contributed by atoms with Gasteiger partial charge in [-0.05, 0) is 12.1 Å². The minimum absolute atomic E-state index is 0.262. The van der Waals surface area contributed by atoms with Crippen LogP contribution >= 0.6 is 0 Å². The van der Waals surface area contributed by atoms with Crippen LogP contribution in [0, 0.1) is 0 Å². The topological polar surface area (TPSA) is 88.1 Å². The molecule has 3 heterocycles. The van der Waals surface area contributed by atoms with E-state index in [9.17, 15) is 9.59 Å². The molecule has 18 heavy (non-hydrogen) atoms. The summed E-state index contributed by atoms with van der Waals surface area (Å²) in [6.45, 7) is 0.311. The number of hydrogen-bond donors (Lipinski definition) is 1. The number of pyridine rings is 1. The van der Waals surface area contributed by atoms with Crippen molar-refractivity contribution >= 4 is 28.9 Å². The Morgan fingerprint density at radius 2 is 2.17 bits per heavy atom. The molecule has 0 spiro atoms. The van der Waals surface area contributed by atoms with Crippen molar-refractivity contribution in [1.82, 2.24) is 20.3 Å². The molecule has 1 N–H and O–H groups in total. The molecule has 90 valence electrons. The van der Waals surface area contributed by atoms with Gasteiger partial charge in [-0.2, -0.15) is 0 Å². The molecule has 0 saturated carbocycles. The lowest BCUT2D eigenvalue weighted by Gasteiger charge is -2.25. The molecule has 2 aromatic heterocycles. The van der Waals surface area contributed by atoms with E-state index in [1.54, 1.807) is 18.3 Å². The smallest absolute Gasteiger partial charge is 0.278 e. The highest BCUT2D eigenvalue weighted by Crippen LogP contribution is 2.15. The molecule has 3 amide bonds. The van der Waals surface area contributed by atoms with Crippen molar-refractivity contribution < 1.29 is 9.59 Å². The zero-order valence-corrected chi connectivity index (χ0v) is 9.33. The number of nitrogens with one attached hydrogen (secondary N) is 1. The van der Waals surface area contributed by atoms with Crippen LogP contribution in [-0.2, 0) is 4.79 Å². The average Bonchev–Trinajstić information content (AvgIpc) is 2.38. The van der Waals surface area contributed by atoms with E-state index in [1.165, 1.54) is 11.1 Å². The molecule has 1 saturated heterocycles. The first-order chi connectivity index (χ1) is 8.74. The summed E-state index contributed by atoms with van der Waals surface area (Å²) in [5, 5.41) is 2.24. The molecule has 0 bridgehead atoms. The number of anilines is 1. The summed E-state index contributed by atoms with van der Waals surface area (Å²) in [5.41, 5.74) is 1.13. The minimum atomic E-state index is -0.469. The van der Waals surface area contributed by atoms with Crippen molar-refractivity contribution in [3.05, 3.63) is 24.5 Å². The van der Waals surface area contributed by atoms with Gasteiger partial charge in [0.15, 0.2) is 11.5 Å². The van der Waals surface area contributed by atoms with Crippen LogP contribution < -0.4 is 10.2 Å². The van der Waals surface area contributed by atoms with Gasteiger partial charge >= 0.3 is 6.03 Å². The number of carbonyl (C=O) groups is 2. The van der Waals surface area contributed by atoms with E-state index in [-0.39, 0.29) is 12.3 Å². The highest BCUT2D eigenvalue weighted by atomic mass is 16.2. The summed E-state index contributed by atoms with van der Waals surface area (Å²) in [4.78, 5) is 36.6. The van der Waals surface area contributed by atoms with Crippen LogP contribution in [0.1, 0.15) is 6.42 Å². The molecule has 0 radical (unpaired) electrons. The minimum Gasteiger partial charge on any atom is -0.278 e. The quantitative estimate of drug-likeness (QED) is 0.786. The summed E-state index contributed by atoms with van der Waals surface area (Å²) < 4.78 is 0. The van der Waals surface area contributed by atoms with Crippen molar-refractivity contribution in [3.63, 3.8) is 0 Å². The zero-order valence-electron chi connectivity index (χ0n) is 9.33. The normalized spacial score (nSPS) is 15.9. The predicted octanol–water partition coefficient (Wildman–Crippen LogP) is 0.471. The fourth-order valence-corrected chi connectivity index (χ4v) is 1.76. The number of rotatable bonds is 1. The number of imide groups is 1. The molecule has 0 atom stereocenters. The Kier molecular flexibility index (Phi) is 2.36. The van der Waals surface area contributed by atoms with Crippen molar-refractivity contribution in [1.29, 1.82) is 0 Å². The molecule has 1 fully saturated rings. The van der Waals surface area contributed by atoms with E-state index in [0.29, 0.717) is 23.5 Å². The first-order valence-electron chi connectivity index (χ1n) is 5.43. The van der Waals surface area contributed by atoms with Crippen molar-refractivity contribution in [3.8, 4) is 0 Å². The Balaban J connectivity index is 1.99. The summed E-state index contributed by atoms with van der Waals surface area (Å²) in [5.74, 6) is 0.146. The molecule has 0 aromatic carbocycles. The number of amides is 3. The van der Waals surface area contributed by atoms with Crippen LogP contribution in [-0.4, -0.2) is 33.4 Å². The molecule has 0 unspecified atom stereocenters. The van der Waals surface area contributed by atoms with Gasteiger partial charge in [0.05, 0.1) is 6.20 Å². The highest BCUT2D eigenvalue weighted by Gasteiger charge is 2.25. The van der Waals surface area contributed by atoms with Gasteiger partial charge in [0.25, 0.3) is 0 Å². The molecule has 7 nitrogen and oxygen atoms in total. The lowest BCUT2D eigenvalue weighted by atomic mass is 10.3. The SMILES string of the molecule is O=C1CCN(c2cnc3ncccc3n2)C(=O)N1. The monoisotopic (exact) mass is 243 g/mol. The Labute approximate surface area is 102 Å². The predicted molar refractivity (Wildman–Crippen MR) is 62.8 cm³/mol. The fourth-order valence-electron chi connectivity index (χ4n) is 1.76. The maximum atomic E-state index is 11.7. The molecule has 1 aliphatic rings. The van der Waals surface area contributed by atoms with Gasteiger partial charge in [-0.15, -0.1) is 0 Å². The third kappa shape index (κ3) is 1.75. The standard InChI is InChI=1S/C11H9N5O2/c17-9-3-5-16(11(18)15-9)8-6-13-10-7(14-8)2-1-4-12-10/h1-2,4,6H,3,5H2,(H,15,17,18). The second-order valence-electron chi connectivity index (χ2n) is 3.83. The molecular formula is C11H9N5O2. The average molecular weight is 243 g/mol. The van der Waals surface area contributed by atoms with E-state index in [1.807, 2.05) is 0 Å². The molecular weight excluding hydrogens is 234 g/mol. The maximum Gasteiger partial charge on any atom is 0.329 e. The lowest BCUT2D eigenvalue weighted by Crippen LogP contribution is -2.49. The third-order valence-corrected chi connectivity index (χ3v) is 2.63. The van der Waals surface area contributed by atoms with Crippen LogP contribution in [0.5, 0.6) is 0 Å². The molecule has 0 aliphatic carbocycles. The third-order valence-electron chi connectivity index (χ3n) is 2.63. The molecule has 1 aliphatic heterocycles. The van der Waals surface area contributed by atoms with Crippen LogP contribution in [0.2, 0.25) is 0 Å². The molecule has 3 rings (SSSR count). The van der Waals surface area contributed by atoms with E-state index in [0.717, 1.165) is 0 Å². The molecule has 7 heteroatoms. The highest BCUT2D eigenvalue weighted by molar-refractivity contribution is 6.05. The second-order valence-corrected chi connectivity index (χ2v) is 3.83. The maximum absolute atomic E-state index is 11.7. The van der Waals surface area contributed by atoms with Gasteiger partial charge in [-0.1, -0.05) is 0 Å². The summed E-state index contributed by atoms with van der Waals surface area (Å²) >= 11 is 0. The van der Waals surface area contributed by atoms with Gasteiger partial charge in [0, 0.05) is 19.2 Å². The van der Waals surface area contributed by atoms with E-state index < -0.39 is 6.03 Å². The van der Waals surface area contributed by atoms with Crippen molar-refractivity contribution in [2.75, 3.05) is 11.4 Å². The van der Waals surface area contributed by atoms with Crippen LogP contribution in [0.25, 0.3) is 11.2 Å². The summed E-state index contributed by atoms with van der Waals surface area (Å²) in [6.07, 6.45) is 3.37. The Morgan fingerprint density at radius 3 is 3.00 bits per heavy atom. The van der Waals surface area contributed by atoms with Crippen molar-refractivity contribution in [2.45, 2.75) is 6.42 Å². The van der Waals surface area contributed by atoms with Crippen molar-refractivity contribution in [2.24, 2.45) is 0 Å². The Bertz CT molecular complexity index is 642. The first-order valence-corrected chi connectivity index (χ1v) is 5.43. The largest absolute Gasteiger partial charge is 0.329 e. The molecule has 2 aromatic rings. The number of fused-ring (bicyclic) bond motifs is 1. The number of carbonyl (C=O) groups excluding carboxylic acids is 2. The van der Waals surface area contributed by atoms with Gasteiger partial charge in [0.2, 0.25) is 5.91 Å². The van der Waals surface area contributed by atoms with E-state index in [2.05, 4.69) is 20.3 Å². The van der Waals surface area contributed by atoms with E-state index in [4.69, 9.17) is 0 Å². The zero-order chi connectivity index (χ0) is 12.5. The Hall–Kier alpha value is -2.57. The van der Waals surface area contributed by atoms with Gasteiger partial charge in [-0.25, -0.2) is 19.7 Å².